The van der Waals surface area contributed by atoms with Crippen molar-refractivity contribution in [2.45, 2.75) is 18.9 Å². The van der Waals surface area contributed by atoms with Crippen LogP contribution in [0.15, 0.2) is 48.5 Å². The molecule has 4 nitrogen and oxygen atoms in total. The summed E-state index contributed by atoms with van der Waals surface area (Å²) in [5.74, 6) is 0.314. The van der Waals surface area contributed by atoms with Crippen LogP contribution in [0.3, 0.4) is 0 Å². The molecule has 0 spiro atoms. The molecule has 0 bridgehead atoms. The van der Waals surface area contributed by atoms with Crippen LogP contribution in [0.4, 0.5) is 5.69 Å². The monoisotopic (exact) mass is 304 g/mol. The number of nitro groups is 1. The molecule has 2 atom stereocenters. The van der Waals surface area contributed by atoms with Gasteiger partial charge in [0.15, 0.2) is 0 Å². The lowest BCUT2D eigenvalue weighted by Crippen LogP contribution is -2.18. The smallest absolute Gasteiger partial charge is 0.269 e. The van der Waals surface area contributed by atoms with Gasteiger partial charge in [-0.1, -0.05) is 36.4 Å². The van der Waals surface area contributed by atoms with Crippen LogP contribution in [-0.4, -0.2) is 4.92 Å². The first-order valence-electron chi connectivity index (χ1n) is 6.72. The van der Waals surface area contributed by atoms with Gasteiger partial charge < -0.3 is 5.73 Å². The Kier molecular flexibility index (Phi) is 4.60. The molecule has 2 unspecified atom stereocenters. The summed E-state index contributed by atoms with van der Waals surface area (Å²) < 4.78 is 0. The second-order valence-electron chi connectivity index (χ2n) is 5.32. The lowest BCUT2D eigenvalue weighted by atomic mass is 9.93. The fourth-order valence-corrected chi connectivity index (χ4v) is 2.99. The van der Waals surface area contributed by atoms with Gasteiger partial charge in [0.05, 0.1) is 4.92 Å². The van der Waals surface area contributed by atoms with Gasteiger partial charge >= 0.3 is 0 Å². The predicted octanol–water partition coefficient (Wildman–Crippen LogP) is 3.43. The van der Waals surface area contributed by atoms with Crippen molar-refractivity contribution in [1.29, 1.82) is 0 Å². The number of rotatable bonds is 3. The standard InChI is InChI=1S/C16H16N2O2.ClH/c17-16-13(8-11-4-2-1-3-5-11)9-12-10-14(18(19)20)6-7-15(12)16;/h1-7,10,13,16H,8-9,17H2;1H. The topological polar surface area (TPSA) is 69.2 Å². The van der Waals surface area contributed by atoms with Crippen LogP contribution in [0, 0.1) is 16.0 Å². The van der Waals surface area contributed by atoms with Gasteiger partial charge in [-0.05, 0) is 35.4 Å². The van der Waals surface area contributed by atoms with E-state index < -0.39 is 0 Å². The maximum Gasteiger partial charge on any atom is 0.269 e. The maximum atomic E-state index is 10.8. The van der Waals surface area contributed by atoms with Crippen molar-refractivity contribution in [2.24, 2.45) is 11.7 Å². The Balaban J connectivity index is 0.00000161. The summed E-state index contributed by atoms with van der Waals surface area (Å²) >= 11 is 0. The minimum atomic E-state index is -0.351. The summed E-state index contributed by atoms with van der Waals surface area (Å²) in [6.07, 6.45) is 1.72. The molecule has 0 radical (unpaired) electrons. The summed E-state index contributed by atoms with van der Waals surface area (Å²) in [6.45, 7) is 0. The van der Waals surface area contributed by atoms with Crippen molar-refractivity contribution in [3.05, 3.63) is 75.3 Å². The molecule has 5 heteroatoms. The van der Waals surface area contributed by atoms with Crippen molar-refractivity contribution < 1.29 is 4.92 Å². The molecule has 3 rings (SSSR count). The van der Waals surface area contributed by atoms with Crippen molar-refractivity contribution in [2.75, 3.05) is 0 Å². The molecule has 0 saturated heterocycles. The van der Waals surface area contributed by atoms with Crippen LogP contribution in [0.5, 0.6) is 0 Å². The van der Waals surface area contributed by atoms with Gasteiger partial charge in [-0.25, -0.2) is 0 Å². The molecule has 2 aromatic rings. The number of hydrogen-bond acceptors (Lipinski definition) is 3. The Bertz CT molecular complexity index is 646. The Morgan fingerprint density at radius 1 is 1.19 bits per heavy atom. The molecule has 2 aromatic carbocycles. The molecular formula is C16H17ClN2O2. The van der Waals surface area contributed by atoms with Crippen molar-refractivity contribution >= 4 is 18.1 Å². The average molecular weight is 305 g/mol. The molecule has 0 heterocycles. The molecule has 21 heavy (non-hydrogen) atoms. The van der Waals surface area contributed by atoms with Crippen LogP contribution in [-0.2, 0) is 12.8 Å². The van der Waals surface area contributed by atoms with Gasteiger partial charge in [-0.2, -0.15) is 0 Å². The van der Waals surface area contributed by atoms with Crippen LogP contribution in [0.25, 0.3) is 0 Å². The lowest BCUT2D eigenvalue weighted by molar-refractivity contribution is -0.384. The third-order valence-corrected chi connectivity index (χ3v) is 4.03. The third-order valence-electron chi connectivity index (χ3n) is 4.03. The zero-order chi connectivity index (χ0) is 14.1. The number of nitro benzene ring substituents is 1. The first-order valence-corrected chi connectivity index (χ1v) is 6.72. The maximum absolute atomic E-state index is 10.8. The third kappa shape index (κ3) is 3.06. The highest BCUT2D eigenvalue weighted by Crippen LogP contribution is 2.37. The SMILES string of the molecule is Cl.NC1c2ccc([N+](=O)[O-])cc2CC1Cc1ccccc1. The van der Waals surface area contributed by atoms with Gasteiger partial charge in [0, 0.05) is 18.2 Å². The second-order valence-corrected chi connectivity index (χ2v) is 5.32. The largest absolute Gasteiger partial charge is 0.324 e. The fourth-order valence-electron chi connectivity index (χ4n) is 2.99. The first-order chi connectivity index (χ1) is 9.65. The summed E-state index contributed by atoms with van der Waals surface area (Å²) in [7, 11) is 0. The van der Waals surface area contributed by atoms with E-state index in [4.69, 9.17) is 5.73 Å². The van der Waals surface area contributed by atoms with Crippen LogP contribution in [0.2, 0.25) is 0 Å². The van der Waals surface area contributed by atoms with E-state index in [2.05, 4.69) is 12.1 Å². The molecule has 2 N–H and O–H groups in total. The molecule has 110 valence electrons. The molecule has 1 aliphatic rings. The summed E-state index contributed by atoms with van der Waals surface area (Å²) in [4.78, 5) is 10.5. The minimum absolute atomic E-state index is 0. The molecule has 0 amide bonds. The summed E-state index contributed by atoms with van der Waals surface area (Å²) in [5, 5.41) is 10.8. The number of fused-ring (bicyclic) bond motifs is 1. The summed E-state index contributed by atoms with van der Waals surface area (Å²) in [5.41, 5.74) is 9.78. The number of nitrogens with zero attached hydrogens (tertiary/aromatic N) is 1. The fraction of sp³-hybridized carbons (Fsp3) is 0.250. The average Bonchev–Trinajstić information content (AvgIpc) is 2.76. The van der Waals surface area contributed by atoms with E-state index in [1.807, 2.05) is 24.3 Å². The van der Waals surface area contributed by atoms with E-state index in [9.17, 15) is 10.1 Å². The molecule has 0 fully saturated rings. The van der Waals surface area contributed by atoms with E-state index in [0.29, 0.717) is 5.92 Å². The van der Waals surface area contributed by atoms with Gasteiger partial charge in [-0.3, -0.25) is 10.1 Å². The predicted molar refractivity (Wildman–Crippen MR) is 84.6 cm³/mol. The van der Waals surface area contributed by atoms with E-state index in [1.54, 1.807) is 12.1 Å². The van der Waals surface area contributed by atoms with Crippen molar-refractivity contribution in [1.82, 2.24) is 0 Å². The van der Waals surface area contributed by atoms with Crippen LogP contribution >= 0.6 is 12.4 Å². The Morgan fingerprint density at radius 3 is 2.57 bits per heavy atom. The van der Waals surface area contributed by atoms with Gasteiger partial charge in [0.25, 0.3) is 5.69 Å². The lowest BCUT2D eigenvalue weighted by Gasteiger charge is -2.15. The van der Waals surface area contributed by atoms with Crippen LogP contribution < -0.4 is 5.73 Å². The number of hydrogen-bond donors (Lipinski definition) is 1. The minimum Gasteiger partial charge on any atom is -0.324 e. The quantitative estimate of drug-likeness (QED) is 0.697. The Morgan fingerprint density at radius 2 is 1.90 bits per heavy atom. The Hall–Kier alpha value is -1.91. The highest BCUT2D eigenvalue weighted by Gasteiger charge is 2.30. The molecule has 0 aliphatic heterocycles. The van der Waals surface area contributed by atoms with Crippen LogP contribution in [0.1, 0.15) is 22.7 Å². The highest BCUT2D eigenvalue weighted by molar-refractivity contribution is 5.85. The number of benzene rings is 2. The highest BCUT2D eigenvalue weighted by atomic mass is 35.5. The summed E-state index contributed by atoms with van der Waals surface area (Å²) in [6, 6.07) is 15.2. The number of nitrogens with two attached hydrogens (primary N) is 1. The number of halogens is 1. The molecule has 1 aliphatic carbocycles. The zero-order valence-electron chi connectivity index (χ0n) is 11.4. The van der Waals surface area contributed by atoms with Gasteiger partial charge in [0.1, 0.15) is 0 Å². The molecule has 0 aromatic heterocycles. The van der Waals surface area contributed by atoms with Crippen molar-refractivity contribution in [3.63, 3.8) is 0 Å². The van der Waals surface area contributed by atoms with E-state index in [0.717, 1.165) is 24.0 Å². The van der Waals surface area contributed by atoms with Gasteiger partial charge in [0.2, 0.25) is 0 Å². The van der Waals surface area contributed by atoms with Gasteiger partial charge in [-0.15, -0.1) is 12.4 Å². The van der Waals surface area contributed by atoms with E-state index in [-0.39, 0.29) is 29.1 Å². The molecular weight excluding hydrogens is 288 g/mol. The number of non-ortho nitro benzene ring substituents is 1. The molecule has 0 saturated carbocycles. The first kappa shape index (κ1) is 15.5. The normalized spacial score (nSPS) is 19.7. The zero-order valence-corrected chi connectivity index (χ0v) is 12.3. The second kappa shape index (κ2) is 6.24. The Labute approximate surface area is 129 Å². The van der Waals surface area contributed by atoms with Crippen molar-refractivity contribution in [3.8, 4) is 0 Å². The van der Waals surface area contributed by atoms with E-state index in [1.165, 1.54) is 5.56 Å². The van der Waals surface area contributed by atoms with E-state index >= 15 is 0 Å².